The molecule has 110 valence electrons. The molecule has 0 bridgehead atoms. The number of nitrogens with zero attached hydrogens (tertiary/aromatic N) is 3. The quantitative estimate of drug-likeness (QED) is 0.735. The summed E-state index contributed by atoms with van der Waals surface area (Å²) in [6.07, 6.45) is 0. The van der Waals surface area contributed by atoms with Crippen LogP contribution in [0.15, 0.2) is 12.1 Å². The number of fused-ring (bicyclic) bond motifs is 1. The number of aromatic amines is 1. The number of benzene rings is 1. The summed E-state index contributed by atoms with van der Waals surface area (Å²) >= 11 is 0. The average Bonchev–Trinajstić information content (AvgIpc) is 2.95. The first-order valence-corrected chi connectivity index (χ1v) is 6.46. The lowest BCUT2D eigenvalue weighted by atomic mass is 10.1. The van der Waals surface area contributed by atoms with Crippen LogP contribution in [0.25, 0.3) is 22.6 Å². The van der Waals surface area contributed by atoms with Gasteiger partial charge in [-0.3, -0.25) is 0 Å². The zero-order valence-electron chi connectivity index (χ0n) is 11.7. The smallest absolute Gasteiger partial charge is 0.176 e. The summed E-state index contributed by atoms with van der Waals surface area (Å²) in [5, 5.41) is 4.33. The van der Waals surface area contributed by atoms with E-state index < -0.39 is 17.5 Å². The van der Waals surface area contributed by atoms with Crippen LogP contribution in [0.2, 0.25) is 0 Å². The van der Waals surface area contributed by atoms with Gasteiger partial charge in [-0.15, -0.1) is 0 Å². The van der Waals surface area contributed by atoms with E-state index in [4.69, 9.17) is 0 Å². The van der Waals surface area contributed by atoms with Crippen molar-refractivity contribution in [2.75, 3.05) is 0 Å². The maximum Gasteiger partial charge on any atom is 0.176 e. The third-order valence-electron chi connectivity index (χ3n) is 3.32. The first-order valence-electron chi connectivity index (χ1n) is 6.46. The lowest BCUT2D eigenvalue weighted by Crippen LogP contribution is -1.97. The van der Waals surface area contributed by atoms with E-state index in [1.165, 1.54) is 0 Å². The van der Waals surface area contributed by atoms with Crippen molar-refractivity contribution in [3.63, 3.8) is 0 Å². The Kier molecular flexibility index (Phi) is 3.00. The standard InChI is InChI=1S/C14H13F3N4/c1-6(2)11-12-14(21(3)20-11)19-13(18-12)7-4-9(16)10(17)5-8(7)15/h4-6H,1-3H3,(H,18,19). The second-order valence-corrected chi connectivity index (χ2v) is 5.19. The van der Waals surface area contributed by atoms with Gasteiger partial charge in [0.25, 0.3) is 0 Å². The molecule has 3 aromatic rings. The summed E-state index contributed by atoms with van der Waals surface area (Å²) in [4.78, 5) is 7.18. The van der Waals surface area contributed by atoms with Gasteiger partial charge in [0, 0.05) is 13.1 Å². The summed E-state index contributed by atoms with van der Waals surface area (Å²) in [7, 11) is 1.72. The van der Waals surface area contributed by atoms with Crippen molar-refractivity contribution in [3.8, 4) is 11.4 Å². The summed E-state index contributed by atoms with van der Waals surface area (Å²) in [6, 6.07) is 1.31. The zero-order valence-corrected chi connectivity index (χ0v) is 11.7. The van der Waals surface area contributed by atoms with Gasteiger partial charge in [-0.25, -0.2) is 22.8 Å². The number of rotatable bonds is 2. The largest absolute Gasteiger partial charge is 0.335 e. The van der Waals surface area contributed by atoms with Crippen molar-refractivity contribution < 1.29 is 13.2 Å². The molecule has 21 heavy (non-hydrogen) atoms. The molecule has 0 aliphatic heterocycles. The lowest BCUT2D eigenvalue weighted by molar-refractivity contribution is 0.496. The topological polar surface area (TPSA) is 46.5 Å². The van der Waals surface area contributed by atoms with Crippen LogP contribution in [-0.4, -0.2) is 19.7 Å². The minimum absolute atomic E-state index is 0.111. The molecule has 0 aliphatic carbocycles. The molecule has 0 amide bonds. The first kappa shape index (κ1) is 13.7. The minimum atomic E-state index is -1.23. The summed E-state index contributed by atoms with van der Waals surface area (Å²) in [5.41, 5.74) is 1.89. The van der Waals surface area contributed by atoms with Crippen LogP contribution in [-0.2, 0) is 7.05 Å². The third kappa shape index (κ3) is 2.09. The summed E-state index contributed by atoms with van der Waals surface area (Å²) < 4.78 is 41.7. The number of hydrogen-bond acceptors (Lipinski definition) is 2. The van der Waals surface area contributed by atoms with Gasteiger partial charge in [0.15, 0.2) is 17.3 Å². The molecule has 0 saturated carbocycles. The van der Waals surface area contributed by atoms with Crippen molar-refractivity contribution in [1.82, 2.24) is 19.7 Å². The fourth-order valence-electron chi connectivity index (χ4n) is 2.27. The third-order valence-corrected chi connectivity index (χ3v) is 3.32. The molecule has 0 radical (unpaired) electrons. The van der Waals surface area contributed by atoms with Crippen LogP contribution in [0.3, 0.4) is 0 Å². The molecular weight excluding hydrogens is 281 g/mol. The molecule has 0 spiro atoms. The van der Waals surface area contributed by atoms with Crippen molar-refractivity contribution in [2.24, 2.45) is 7.05 Å². The van der Waals surface area contributed by atoms with E-state index in [0.29, 0.717) is 17.2 Å². The predicted molar refractivity (Wildman–Crippen MR) is 72.3 cm³/mol. The van der Waals surface area contributed by atoms with E-state index in [-0.39, 0.29) is 17.3 Å². The maximum atomic E-state index is 13.8. The number of hydrogen-bond donors (Lipinski definition) is 1. The summed E-state index contributed by atoms with van der Waals surface area (Å²) in [5.74, 6) is -2.91. The second-order valence-electron chi connectivity index (χ2n) is 5.19. The van der Waals surface area contributed by atoms with E-state index >= 15 is 0 Å². The van der Waals surface area contributed by atoms with E-state index in [2.05, 4.69) is 15.1 Å². The van der Waals surface area contributed by atoms with Crippen LogP contribution in [0.1, 0.15) is 25.5 Å². The normalized spacial score (nSPS) is 11.8. The molecule has 0 atom stereocenters. The first-order chi connectivity index (χ1) is 9.88. The van der Waals surface area contributed by atoms with Gasteiger partial charge >= 0.3 is 0 Å². The Labute approximate surface area is 118 Å². The predicted octanol–water partition coefficient (Wildman–Crippen LogP) is 3.50. The van der Waals surface area contributed by atoms with E-state index in [0.717, 1.165) is 11.8 Å². The molecule has 0 fully saturated rings. The Hall–Kier alpha value is -2.31. The molecule has 0 unspecified atom stereocenters. The zero-order chi connectivity index (χ0) is 15.3. The molecule has 1 aromatic carbocycles. The lowest BCUT2D eigenvalue weighted by Gasteiger charge is -2.02. The van der Waals surface area contributed by atoms with Crippen LogP contribution < -0.4 is 0 Å². The Balaban J connectivity index is 2.22. The molecule has 7 heteroatoms. The van der Waals surface area contributed by atoms with Crippen molar-refractivity contribution in [2.45, 2.75) is 19.8 Å². The van der Waals surface area contributed by atoms with Crippen LogP contribution in [0, 0.1) is 17.5 Å². The van der Waals surface area contributed by atoms with E-state index in [1.54, 1.807) is 11.7 Å². The highest BCUT2D eigenvalue weighted by atomic mass is 19.2. The van der Waals surface area contributed by atoms with Gasteiger partial charge in [-0.05, 0) is 12.0 Å². The highest BCUT2D eigenvalue weighted by molar-refractivity contribution is 5.79. The average molecular weight is 294 g/mol. The Morgan fingerprint density at radius 1 is 1.10 bits per heavy atom. The monoisotopic (exact) mass is 294 g/mol. The summed E-state index contributed by atoms with van der Waals surface area (Å²) in [6.45, 7) is 3.95. The van der Waals surface area contributed by atoms with E-state index in [9.17, 15) is 13.2 Å². The van der Waals surface area contributed by atoms with Crippen molar-refractivity contribution in [3.05, 3.63) is 35.3 Å². The van der Waals surface area contributed by atoms with E-state index in [1.807, 2.05) is 13.8 Å². The molecule has 4 nitrogen and oxygen atoms in total. The fourth-order valence-corrected chi connectivity index (χ4v) is 2.27. The van der Waals surface area contributed by atoms with Crippen LogP contribution in [0.4, 0.5) is 13.2 Å². The highest BCUT2D eigenvalue weighted by Crippen LogP contribution is 2.28. The fraction of sp³-hybridized carbons (Fsp3) is 0.286. The van der Waals surface area contributed by atoms with Gasteiger partial charge in [0.05, 0.1) is 11.3 Å². The Morgan fingerprint density at radius 2 is 1.76 bits per heavy atom. The number of aromatic nitrogens is 4. The van der Waals surface area contributed by atoms with Crippen LogP contribution >= 0.6 is 0 Å². The number of imidazole rings is 1. The van der Waals surface area contributed by atoms with Crippen LogP contribution in [0.5, 0.6) is 0 Å². The number of nitrogens with one attached hydrogen (secondary N) is 1. The Bertz CT molecular complexity index is 832. The minimum Gasteiger partial charge on any atom is -0.335 e. The molecular formula is C14H13F3N4. The van der Waals surface area contributed by atoms with Gasteiger partial charge in [0.2, 0.25) is 0 Å². The maximum absolute atomic E-state index is 13.8. The molecule has 2 aromatic heterocycles. The molecule has 0 aliphatic rings. The molecule has 3 rings (SSSR count). The number of H-pyrrole nitrogens is 1. The van der Waals surface area contributed by atoms with Gasteiger partial charge in [0.1, 0.15) is 17.2 Å². The van der Waals surface area contributed by atoms with Crippen molar-refractivity contribution in [1.29, 1.82) is 0 Å². The number of halogens is 3. The second kappa shape index (κ2) is 4.61. The van der Waals surface area contributed by atoms with Gasteiger partial charge in [-0.1, -0.05) is 13.8 Å². The van der Waals surface area contributed by atoms with Crippen molar-refractivity contribution >= 4 is 11.2 Å². The molecule has 0 saturated heterocycles. The van der Waals surface area contributed by atoms with Gasteiger partial charge in [-0.2, -0.15) is 5.10 Å². The highest BCUT2D eigenvalue weighted by Gasteiger charge is 2.19. The molecule has 1 N–H and O–H groups in total. The Morgan fingerprint density at radius 3 is 2.43 bits per heavy atom. The molecule has 2 heterocycles. The number of aryl methyl sites for hydroxylation is 1. The van der Waals surface area contributed by atoms with Gasteiger partial charge < -0.3 is 4.98 Å². The SMILES string of the molecule is CC(C)c1nn(C)c2nc(-c3cc(F)c(F)cc3F)[nH]c12.